The van der Waals surface area contributed by atoms with Gasteiger partial charge in [-0.05, 0) is 57.2 Å². The predicted molar refractivity (Wildman–Crippen MR) is 122 cm³/mol. The first kappa shape index (κ1) is 20.2. The zero-order valence-electron chi connectivity index (χ0n) is 17.9. The number of benzene rings is 1. The van der Waals surface area contributed by atoms with Crippen LogP contribution in [0, 0.1) is 0 Å². The Balaban J connectivity index is 1.26. The Morgan fingerprint density at radius 2 is 1.70 bits per heavy atom. The highest BCUT2D eigenvalue weighted by atomic mass is 32.1. The lowest BCUT2D eigenvalue weighted by molar-refractivity contribution is -0.116. The van der Waals surface area contributed by atoms with Gasteiger partial charge in [0.2, 0.25) is 5.91 Å². The van der Waals surface area contributed by atoms with Gasteiger partial charge in [0.05, 0.1) is 5.69 Å². The van der Waals surface area contributed by atoms with Crippen molar-refractivity contribution < 1.29 is 4.79 Å². The third-order valence-electron chi connectivity index (χ3n) is 6.86. The Morgan fingerprint density at radius 3 is 2.33 bits per heavy atom. The van der Waals surface area contributed by atoms with E-state index in [4.69, 9.17) is 4.98 Å². The first-order valence-electron chi connectivity index (χ1n) is 11.5. The Labute approximate surface area is 183 Å². The molecule has 2 atom stereocenters. The standard InChI is InChI=1S/C24H32N4OS/c1-18(29)28(21-11-12-21)24-25-20(17-30-24)16-27-14-6-10-23(27)22-9-5-13-26(22)15-19-7-3-2-4-8-19/h2-4,7-8,17,21-23H,5-6,9-16H2,1H3/t22-,23-/m0/s1. The summed E-state index contributed by atoms with van der Waals surface area (Å²) in [5.41, 5.74) is 2.55. The summed E-state index contributed by atoms with van der Waals surface area (Å²) in [6, 6.07) is 12.5. The van der Waals surface area contributed by atoms with E-state index >= 15 is 0 Å². The summed E-state index contributed by atoms with van der Waals surface area (Å²) in [5.74, 6) is 0.125. The van der Waals surface area contributed by atoms with Crippen LogP contribution in [0.4, 0.5) is 5.13 Å². The molecule has 1 aromatic carbocycles. The van der Waals surface area contributed by atoms with E-state index in [-0.39, 0.29) is 5.91 Å². The minimum absolute atomic E-state index is 0.125. The molecule has 6 heteroatoms. The molecule has 5 rings (SSSR count). The van der Waals surface area contributed by atoms with Crippen LogP contribution in [-0.2, 0) is 17.9 Å². The van der Waals surface area contributed by atoms with Gasteiger partial charge in [-0.25, -0.2) is 4.98 Å². The first-order valence-corrected chi connectivity index (χ1v) is 12.3. The summed E-state index contributed by atoms with van der Waals surface area (Å²) in [4.78, 5) is 24.2. The minimum atomic E-state index is 0.125. The van der Waals surface area contributed by atoms with Gasteiger partial charge in [0, 0.05) is 43.5 Å². The van der Waals surface area contributed by atoms with E-state index in [0.29, 0.717) is 18.1 Å². The number of anilines is 1. The fourth-order valence-corrected chi connectivity index (χ4v) is 6.28. The van der Waals surface area contributed by atoms with Crippen molar-refractivity contribution in [2.75, 3.05) is 18.0 Å². The largest absolute Gasteiger partial charge is 0.295 e. The molecule has 160 valence electrons. The molecule has 1 saturated carbocycles. The van der Waals surface area contributed by atoms with Crippen molar-refractivity contribution in [1.29, 1.82) is 0 Å². The number of nitrogens with zero attached hydrogens (tertiary/aromatic N) is 4. The van der Waals surface area contributed by atoms with Crippen LogP contribution in [0.15, 0.2) is 35.7 Å². The lowest BCUT2D eigenvalue weighted by Gasteiger charge is -2.35. The van der Waals surface area contributed by atoms with Gasteiger partial charge in [-0.3, -0.25) is 19.5 Å². The van der Waals surface area contributed by atoms with Gasteiger partial charge in [0.1, 0.15) is 0 Å². The van der Waals surface area contributed by atoms with Crippen LogP contribution in [-0.4, -0.2) is 51.9 Å². The fourth-order valence-electron chi connectivity index (χ4n) is 5.35. The second kappa shape index (κ2) is 8.77. The maximum absolute atomic E-state index is 12.1. The summed E-state index contributed by atoms with van der Waals surface area (Å²) in [6.07, 6.45) is 7.39. The van der Waals surface area contributed by atoms with Crippen LogP contribution in [0.2, 0.25) is 0 Å². The Kier molecular flexibility index (Phi) is 5.89. The molecule has 3 aliphatic rings. The van der Waals surface area contributed by atoms with Crippen LogP contribution in [0.5, 0.6) is 0 Å². The Morgan fingerprint density at radius 1 is 1.03 bits per heavy atom. The number of thiazole rings is 1. The fraction of sp³-hybridized carbons (Fsp3) is 0.583. The lowest BCUT2D eigenvalue weighted by atomic mass is 10.0. The topological polar surface area (TPSA) is 39.7 Å². The number of hydrogen-bond acceptors (Lipinski definition) is 5. The normalized spacial score (nSPS) is 25.1. The van der Waals surface area contributed by atoms with Crippen LogP contribution >= 0.6 is 11.3 Å². The first-order chi connectivity index (χ1) is 14.7. The van der Waals surface area contributed by atoms with Crippen molar-refractivity contribution in [2.24, 2.45) is 0 Å². The minimum Gasteiger partial charge on any atom is -0.295 e. The molecule has 0 bridgehead atoms. The summed E-state index contributed by atoms with van der Waals surface area (Å²) in [6.45, 7) is 6.00. The summed E-state index contributed by atoms with van der Waals surface area (Å²) >= 11 is 1.63. The van der Waals surface area contributed by atoms with Gasteiger partial charge >= 0.3 is 0 Å². The van der Waals surface area contributed by atoms with E-state index in [1.54, 1.807) is 18.3 Å². The summed E-state index contributed by atoms with van der Waals surface area (Å²) in [7, 11) is 0. The van der Waals surface area contributed by atoms with E-state index in [1.165, 1.54) is 37.8 Å². The van der Waals surface area contributed by atoms with Crippen molar-refractivity contribution in [3.8, 4) is 0 Å². The van der Waals surface area contributed by atoms with Gasteiger partial charge in [0.25, 0.3) is 0 Å². The van der Waals surface area contributed by atoms with E-state index in [2.05, 4.69) is 45.5 Å². The zero-order valence-corrected chi connectivity index (χ0v) is 18.7. The molecular weight excluding hydrogens is 392 g/mol. The average Bonchev–Trinajstić information content (AvgIpc) is 3.10. The second-order valence-corrected chi connectivity index (χ2v) is 9.92. The van der Waals surface area contributed by atoms with E-state index < -0.39 is 0 Å². The summed E-state index contributed by atoms with van der Waals surface area (Å²) in [5, 5.41) is 3.06. The number of rotatable bonds is 7. The molecule has 30 heavy (non-hydrogen) atoms. The molecule has 3 heterocycles. The molecule has 2 aromatic rings. The van der Waals surface area contributed by atoms with E-state index in [1.807, 2.05) is 4.90 Å². The number of amides is 1. The Bertz CT molecular complexity index is 865. The molecule has 3 fully saturated rings. The highest BCUT2D eigenvalue weighted by Gasteiger charge is 2.38. The molecule has 0 spiro atoms. The monoisotopic (exact) mass is 424 g/mol. The maximum Gasteiger partial charge on any atom is 0.225 e. The van der Waals surface area contributed by atoms with Crippen molar-refractivity contribution in [3.05, 3.63) is 47.0 Å². The number of carbonyl (C=O) groups is 1. The molecule has 2 aliphatic heterocycles. The molecule has 1 aromatic heterocycles. The third-order valence-corrected chi connectivity index (χ3v) is 7.75. The Hall–Kier alpha value is -1.76. The lowest BCUT2D eigenvalue weighted by Crippen LogP contribution is -2.45. The molecule has 0 unspecified atom stereocenters. The quantitative estimate of drug-likeness (QED) is 0.665. The molecule has 5 nitrogen and oxygen atoms in total. The van der Waals surface area contributed by atoms with Crippen molar-refractivity contribution in [2.45, 2.75) is 76.7 Å². The van der Waals surface area contributed by atoms with Crippen LogP contribution in [0.1, 0.15) is 56.7 Å². The smallest absolute Gasteiger partial charge is 0.225 e. The number of hydrogen-bond donors (Lipinski definition) is 0. The maximum atomic E-state index is 12.1. The highest BCUT2D eigenvalue weighted by Crippen LogP contribution is 2.35. The molecule has 1 amide bonds. The second-order valence-electron chi connectivity index (χ2n) is 9.09. The van der Waals surface area contributed by atoms with Crippen molar-refractivity contribution >= 4 is 22.4 Å². The van der Waals surface area contributed by atoms with Gasteiger partial charge in [-0.1, -0.05) is 30.3 Å². The predicted octanol–water partition coefficient (Wildman–Crippen LogP) is 4.29. The van der Waals surface area contributed by atoms with Crippen LogP contribution < -0.4 is 4.90 Å². The van der Waals surface area contributed by atoms with Crippen LogP contribution in [0.3, 0.4) is 0 Å². The molecule has 0 N–H and O–H groups in total. The van der Waals surface area contributed by atoms with Crippen molar-refractivity contribution in [1.82, 2.24) is 14.8 Å². The molecule has 1 aliphatic carbocycles. The van der Waals surface area contributed by atoms with Gasteiger partial charge < -0.3 is 0 Å². The molecule has 2 saturated heterocycles. The SMILES string of the molecule is CC(=O)N(c1nc(CN2CCC[C@H]2[C@@H]2CCCN2Cc2ccccc2)cs1)C1CC1. The van der Waals surface area contributed by atoms with Gasteiger partial charge in [-0.15, -0.1) is 11.3 Å². The van der Waals surface area contributed by atoms with E-state index in [0.717, 1.165) is 43.3 Å². The third kappa shape index (κ3) is 4.32. The number of likely N-dealkylation sites (tertiary alicyclic amines) is 2. The van der Waals surface area contributed by atoms with E-state index in [9.17, 15) is 4.79 Å². The number of carbonyl (C=O) groups excluding carboxylic acids is 1. The molecule has 0 radical (unpaired) electrons. The zero-order chi connectivity index (χ0) is 20.5. The van der Waals surface area contributed by atoms with Gasteiger partial charge in [0.15, 0.2) is 5.13 Å². The van der Waals surface area contributed by atoms with Crippen LogP contribution in [0.25, 0.3) is 0 Å². The average molecular weight is 425 g/mol. The number of aromatic nitrogens is 1. The van der Waals surface area contributed by atoms with Gasteiger partial charge in [-0.2, -0.15) is 0 Å². The van der Waals surface area contributed by atoms with Crippen molar-refractivity contribution in [3.63, 3.8) is 0 Å². The summed E-state index contributed by atoms with van der Waals surface area (Å²) < 4.78 is 0. The molecular formula is C24H32N4OS. The highest BCUT2D eigenvalue weighted by molar-refractivity contribution is 7.14.